The van der Waals surface area contributed by atoms with E-state index in [4.69, 9.17) is 4.42 Å². The van der Waals surface area contributed by atoms with Crippen LogP contribution < -0.4 is 5.32 Å². The molecule has 2 atom stereocenters. The molecule has 0 saturated heterocycles. The lowest BCUT2D eigenvalue weighted by Crippen LogP contribution is -2.25. The maximum absolute atomic E-state index is 5.36. The van der Waals surface area contributed by atoms with Gasteiger partial charge < -0.3 is 9.73 Å². The Morgan fingerprint density at radius 1 is 1.17 bits per heavy atom. The summed E-state index contributed by atoms with van der Waals surface area (Å²) in [6.45, 7) is 2.25. The van der Waals surface area contributed by atoms with Crippen LogP contribution in [0.5, 0.6) is 0 Å². The Morgan fingerprint density at radius 3 is 2.56 bits per heavy atom. The van der Waals surface area contributed by atoms with Crippen LogP contribution in [0.4, 0.5) is 0 Å². The van der Waals surface area contributed by atoms with E-state index in [0.29, 0.717) is 11.3 Å². The third kappa shape index (κ3) is 3.40. The summed E-state index contributed by atoms with van der Waals surface area (Å²) in [5.41, 5.74) is 1.33. The molecule has 2 aromatic rings. The fourth-order valence-corrected chi connectivity index (χ4v) is 3.11. The number of thioether (sulfide) groups is 1. The summed E-state index contributed by atoms with van der Waals surface area (Å²) < 4.78 is 5.36. The molecule has 0 radical (unpaired) electrons. The smallest absolute Gasteiger partial charge is 0.113 e. The van der Waals surface area contributed by atoms with E-state index in [9.17, 15) is 0 Å². The molecule has 2 nitrogen and oxygen atoms in total. The molecule has 0 fully saturated rings. The molecular formula is C15H19NOS. The molecule has 0 bridgehead atoms. The predicted molar refractivity (Wildman–Crippen MR) is 77.7 cm³/mol. The first-order valence-corrected chi connectivity index (χ1v) is 7.22. The van der Waals surface area contributed by atoms with Gasteiger partial charge >= 0.3 is 0 Å². The minimum Gasteiger partial charge on any atom is -0.468 e. The van der Waals surface area contributed by atoms with Crippen LogP contribution in [0.1, 0.15) is 24.3 Å². The SMILES string of the molecule is CNC(c1ccccc1)C(C)SCc1ccco1. The maximum Gasteiger partial charge on any atom is 0.113 e. The number of hydrogen-bond acceptors (Lipinski definition) is 3. The Balaban J connectivity index is 1.95. The number of hydrogen-bond donors (Lipinski definition) is 1. The van der Waals surface area contributed by atoms with Crippen molar-refractivity contribution < 1.29 is 4.42 Å². The molecule has 1 N–H and O–H groups in total. The van der Waals surface area contributed by atoms with Crippen molar-refractivity contribution in [3.8, 4) is 0 Å². The van der Waals surface area contributed by atoms with Gasteiger partial charge in [-0.15, -0.1) is 11.8 Å². The van der Waals surface area contributed by atoms with E-state index >= 15 is 0 Å². The second kappa shape index (κ2) is 6.66. The monoisotopic (exact) mass is 261 g/mol. The summed E-state index contributed by atoms with van der Waals surface area (Å²) in [4.78, 5) is 0. The minimum atomic E-state index is 0.367. The molecule has 1 aromatic carbocycles. The zero-order valence-corrected chi connectivity index (χ0v) is 11.6. The van der Waals surface area contributed by atoms with E-state index in [0.717, 1.165) is 11.5 Å². The van der Waals surface area contributed by atoms with E-state index in [1.54, 1.807) is 6.26 Å². The minimum absolute atomic E-state index is 0.367. The predicted octanol–water partition coefficient (Wildman–Crippen LogP) is 3.86. The highest BCUT2D eigenvalue weighted by atomic mass is 32.2. The molecule has 2 rings (SSSR count). The van der Waals surface area contributed by atoms with Gasteiger partial charge in [-0.05, 0) is 24.7 Å². The molecule has 0 aliphatic rings. The first-order chi connectivity index (χ1) is 8.81. The first kappa shape index (κ1) is 13.2. The summed E-state index contributed by atoms with van der Waals surface area (Å²) in [5, 5.41) is 3.89. The summed E-state index contributed by atoms with van der Waals surface area (Å²) in [5.74, 6) is 1.95. The van der Waals surface area contributed by atoms with Crippen LogP contribution in [0, 0.1) is 0 Å². The van der Waals surface area contributed by atoms with Crippen molar-refractivity contribution in [3.05, 3.63) is 60.1 Å². The Labute approximate surface area is 113 Å². The fraction of sp³-hybridized carbons (Fsp3) is 0.333. The lowest BCUT2D eigenvalue weighted by atomic mass is 10.0. The van der Waals surface area contributed by atoms with Gasteiger partial charge in [0.15, 0.2) is 0 Å². The Bertz CT molecular complexity index is 441. The standard InChI is InChI=1S/C15H19NOS/c1-12(18-11-14-9-6-10-17-14)15(16-2)13-7-4-3-5-8-13/h3-10,12,15-16H,11H2,1-2H3. The van der Waals surface area contributed by atoms with Gasteiger partial charge in [0.2, 0.25) is 0 Å². The molecular weight excluding hydrogens is 242 g/mol. The van der Waals surface area contributed by atoms with E-state index in [1.807, 2.05) is 30.9 Å². The van der Waals surface area contributed by atoms with Crippen molar-refractivity contribution >= 4 is 11.8 Å². The van der Waals surface area contributed by atoms with Crippen molar-refractivity contribution in [3.63, 3.8) is 0 Å². The fourth-order valence-electron chi connectivity index (χ4n) is 2.04. The van der Waals surface area contributed by atoms with Crippen LogP contribution in [0.25, 0.3) is 0 Å². The topological polar surface area (TPSA) is 25.2 Å². The summed E-state index contributed by atoms with van der Waals surface area (Å²) in [6, 6.07) is 14.9. The molecule has 1 heterocycles. The largest absolute Gasteiger partial charge is 0.468 e. The molecule has 3 heteroatoms. The van der Waals surface area contributed by atoms with Crippen LogP contribution >= 0.6 is 11.8 Å². The van der Waals surface area contributed by atoms with Gasteiger partial charge in [-0.2, -0.15) is 0 Å². The number of furan rings is 1. The third-order valence-electron chi connectivity index (χ3n) is 3.01. The lowest BCUT2D eigenvalue weighted by Gasteiger charge is -2.23. The second-order valence-electron chi connectivity index (χ2n) is 4.27. The van der Waals surface area contributed by atoms with Crippen molar-refractivity contribution in [2.45, 2.75) is 24.0 Å². The van der Waals surface area contributed by atoms with Crippen molar-refractivity contribution in [1.29, 1.82) is 0 Å². The quantitative estimate of drug-likeness (QED) is 0.854. The van der Waals surface area contributed by atoms with Gasteiger partial charge in [0.05, 0.1) is 12.0 Å². The van der Waals surface area contributed by atoms with E-state index < -0.39 is 0 Å². The van der Waals surface area contributed by atoms with Crippen LogP contribution in [-0.4, -0.2) is 12.3 Å². The summed E-state index contributed by atoms with van der Waals surface area (Å²) in [6.07, 6.45) is 1.73. The van der Waals surface area contributed by atoms with Crippen LogP contribution in [-0.2, 0) is 5.75 Å². The van der Waals surface area contributed by atoms with Crippen LogP contribution in [0.15, 0.2) is 53.1 Å². The number of rotatable bonds is 6. The van der Waals surface area contributed by atoms with Gasteiger partial charge in [0, 0.05) is 11.3 Å². The van der Waals surface area contributed by atoms with E-state index in [2.05, 4.69) is 42.6 Å². The molecule has 96 valence electrons. The van der Waals surface area contributed by atoms with Crippen molar-refractivity contribution in [2.75, 3.05) is 7.05 Å². The van der Waals surface area contributed by atoms with Gasteiger partial charge in [0.1, 0.15) is 5.76 Å². The van der Waals surface area contributed by atoms with Crippen LogP contribution in [0.3, 0.4) is 0 Å². The molecule has 0 aliphatic carbocycles. The molecule has 1 aromatic heterocycles. The lowest BCUT2D eigenvalue weighted by molar-refractivity contribution is 0.529. The molecule has 0 saturated carbocycles. The molecule has 0 aliphatic heterocycles. The van der Waals surface area contributed by atoms with Gasteiger partial charge in [-0.25, -0.2) is 0 Å². The first-order valence-electron chi connectivity index (χ1n) is 6.17. The Morgan fingerprint density at radius 2 is 1.94 bits per heavy atom. The Hall–Kier alpha value is -1.19. The molecule has 2 unspecified atom stereocenters. The second-order valence-corrected chi connectivity index (χ2v) is 5.64. The van der Waals surface area contributed by atoms with E-state index in [1.165, 1.54) is 5.56 Å². The van der Waals surface area contributed by atoms with Gasteiger partial charge in [0.25, 0.3) is 0 Å². The normalized spacial score (nSPS) is 14.3. The van der Waals surface area contributed by atoms with Crippen molar-refractivity contribution in [2.24, 2.45) is 0 Å². The highest BCUT2D eigenvalue weighted by Gasteiger charge is 2.17. The van der Waals surface area contributed by atoms with Gasteiger partial charge in [-0.3, -0.25) is 0 Å². The summed E-state index contributed by atoms with van der Waals surface area (Å²) in [7, 11) is 2.02. The zero-order valence-electron chi connectivity index (χ0n) is 10.8. The molecule has 18 heavy (non-hydrogen) atoms. The summed E-state index contributed by atoms with van der Waals surface area (Å²) >= 11 is 1.91. The molecule has 0 spiro atoms. The van der Waals surface area contributed by atoms with Crippen molar-refractivity contribution in [1.82, 2.24) is 5.32 Å². The van der Waals surface area contributed by atoms with E-state index in [-0.39, 0.29) is 0 Å². The number of benzene rings is 1. The zero-order chi connectivity index (χ0) is 12.8. The highest BCUT2D eigenvalue weighted by molar-refractivity contribution is 7.99. The Kier molecular flexibility index (Phi) is 4.90. The van der Waals surface area contributed by atoms with Crippen LogP contribution in [0.2, 0.25) is 0 Å². The maximum atomic E-state index is 5.36. The average Bonchev–Trinajstić information content (AvgIpc) is 2.92. The molecule has 0 amide bonds. The third-order valence-corrected chi connectivity index (χ3v) is 4.26. The highest BCUT2D eigenvalue weighted by Crippen LogP contribution is 2.28. The average molecular weight is 261 g/mol. The van der Waals surface area contributed by atoms with Gasteiger partial charge in [-0.1, -0.05) is 37.3 Å². The number of nitrogens with one attached hydrogen (secondary N) is 1.